The van der Waals surface area contributed by atoms with Gasteiger partial charge >= 0.3 is 0 Å². The summed E-state index contributed by atoms with van der Waals surface area (Å²) in [6.07, 6.45) is 6.76. The average molecular weight is 276 g/mol. The van der Waals surface area contributed by atoms with E-state index in [1.165, 1.54) is 32.1 Å². The van der Waals surface area contributed by atoms with E-state index in [4.69, 9.17) is 5.73 Å². The van der Waals surface area contributed by atoms with Gasteiger partial charge in [0.25, 0.3) is 0 Å². The normalized spacial score (nSPS) is 28.9. The summed E-state index contributed by atoms with van der Waals surface area (Å²) in [6, 6.07) is 7.14. The van der Waals surface area contributed by atoms with E-state index in [0.717, 1.165) is 30.5 Å². The first-order valence-corrected chi connectivity index (χ1v) is 7.98. The molecule has 3 heteroatoms. The van der Waals surface area contributed by atoms with Crippen molar-refractivity contribution in [3.8, 4) is 0 Å². The Bertz CT molecular complexity index is 448. The lowest BCUT2D eigenvalue weighted by Gasteiger charge is -2.44. The molecule has 0 spiro atoms. The number of nitrogens with two attached hydrogens (primary N) is 1. The minimum atomic E-state index is -0.117. The van der Waals surface area contributed by atoms with Crippen molar-refractivity contribution in [2.45, 2.75) is 38.1 Å². The van der Waals surface area contributed by atoms with Crippen molar-refractivity contribution in [2.24, 2.45) is 17.6 Å². The Hall–Kier alpha value is -0.930. The van der Waals surface area contributed by atoms with Crippen LogP contribution in [0.15, 0.2) is 24.3 Å². The van der Waals surface area contributed by atoms with Gasteiger partial charge in [-0.25, -0.2) is 4.39 Å². The van der Waals surface area contributed by atoms with Gasteiger partial charge in [0.2, 0.25) is 0 Å². The second kappa shape index (κ2) is 6.23. The number of piperidine rings is 1. The number of halogens is 1. The van der Waals surface area contributed by atoms with Gasteiger partial charge in [0.1, 0.15) is 5.82 Å². The molecule has 1 aliphatic carbocycles. The van der Waals surface area contributed by atoms with Crippen LogP contribution in [0.1, 0.15) is 43.7 Å². The molecule has 110 valence electrons. The smallest absolute Gasteiger partial charge is 0.128 e. The van der Waals surface area contributed by atoms with E-state index in [9.17, 15) is 4.39 Å². The van der Waals surface area contributed by atoms with Crippen molar-refractivity contribution in [3.05, 3.63) is 35.6 Å². The summed E-state index contributed by atoms with van der Waals surface area (Å²) >= 11 is 0. The lowest BCUT2D eigenvalue weighted by Crippen LogP contribution is -2.45. The van der Waals surface area contributed by atoms with Gasteiger partial charge in [0.15, 0.2) is 0 Å². The molecule has 3 atom stereocenters. The molecule has 1 heterocycles. The fraction of sp³-hybridized carbons (Fsp3) is 0.647. The van der Waals surface area contributed by atoms with Crippen LogP contribution in [-0.4, -0.2) is 24.5 Å². The number of hydrogen-bond donors (Lipinski definition) is 1. The summed E-state index contributed by atoms with van der Waals surface area (Å²) in [5.41, 5.74) is 6.73. The van der Waals surface area contributed by atoms with E-state index < -0.39 is 0 Å². The Morgan fingerprint density at radius 3 is 2.65 bits per heavy atom. The van der Waals surface area contributed by atoms with Crippen molar-refractivity contribution in [1.82, 2.24) is 4.90 Å². The molecule has 3 unspecified atom stereocenters. The third kappa shape index (κ3) is 2.75. The van der Waals surface area contributed by atoms with Crippen molar-refractivity contribution in [2.75, 3.05) is 19.6 Å². The molecule has 1 aliphatic heterocycles. The summed E-state index contributed by atoms with van der Waals surface area (Å²) in [4.78, 5) is 2.42. The lowest BCUT2D eigenvalue weighted by molar-refractivity contribution is 0.0576. The van der Waals surface area contributed by atoms with Crippen LogP contribution in [0.4, 0.5) is 4.39 Å². The molecule has 1 aromatic carbocycles. The Balaban J connectivity index is 1.75. The molecule has 1 saturated carbocycles. The highest BCUT2D eigenvalue weighted by atomic mass is 19.1. The number of fused-ring (bicyclic) bond motifs is 1. The van der Waals surface area contributed by atoms with Gasteiger partial charge in [-0.3, -0.25) is 4.90 Å². The number of hydrogen-bond acceptors (Lipinski definition) is 2. The summed E-state index contributed by atoms with van der Waals surface area (Å²) < 4.78 is 14.0. The van der Waals surface area contributed by atoms with Gasteiger partial charge in [-0.15, -0.1) is 0 Å². The van der Waals surface area contributed by atoms with Crippen molar-refractivity contribution >= 4 is 0 Å². The quantitative estimate of drug-likeness (QED) is 0.917. The molecule has 20 heavy (non-hydrogen) atoms. The predicted molar refractivity (Wildman–Crippen MR) is 79.8 cm³/mol. The lowest BCUT2D eigenvalue weighted by atomic mass is 9.74. The summed E-state index contributed by atoms with van der Waals surface area (Å²) in [7, 11) is 0. The van der Waals surface area contributed by atoms with Crippen LogP contribution in [0, 0.1) is 17.7 Å². The zero-order valence-electron chi connectivity index (χ0n) is 12.1. The van der Waals surface area contributed by atoms with Crippen LogP contribution in [0.2, 0.25) is 0 Å². The first-order valence-electron chi connectivity index (χ1n) is 7.98. The van der Waals surface area contributed by atoms with Gasteiger partial charge in [-0.05, 0) is 37.3 Å². The van der Waals surface area contributed by atoms with E-state index in [2.05, 4.69) is 4.90 Å². The van der Waals surface area contributed by atoms with Crippen LogP contribution in [0.3, 0.4) is 0 Å². The van der Waals surface area contributed by atoms with E-state index in [1.54, 1.807) is 12.1 Å². The Labute approximate surface area is 121 Å². The fourth-order valence-electron chi connectivity index (χ4n) is 4.13. The van der Waals surface area contributed by atoms with E-state index in [0.29, 0.717) is 6.54 Å². The molecule has 2 N–H and O–H groups in total. The highest BCUT2D eigenvalue weighted by Crippen LogP contribution is 2.38. The van der Waals surface area contributed by atoms with Crippen LogP contribution in [0.5, 0.6) is 0 Å². The maximum atomic E-state index is 14.0. The number of benzene rings is 1. The number of likely N-dealkylation sites (tertiary alicyclic amines) is 1. The largest absolute Gasteiger partial charge is 0.329 e. The molecular formula is C17H25FN2. The van der Waals surface area contributed by atoms with Crippen molar-refractivity contribution in [3.63, 3.8) is 0 Å². The molecule has 0 radical (unpaired) electrons. The minimum absolute atomic E-state index is 0.0408. The Morgan fingerprint density at radius 1 is 1.15 bits per heavy atom. The molecular weight excluding hydrogens is 251 g/mol. The van der Waals surface area contributed by atoms with Gasteiger partial charge < -0.3 is 5.73 Å². The van der Waals surface area contributed by atoms with Gasteiger partial charge in [0, 0.05) is 24.7 Å². The third-order valence-electron chi connectivity index (χ3n) is 5.25. The number of rotatable bonds is 3. The van der Waals surface area contributed by atoms with Crippen LogP contribution < -0.4 is 5.73 Å². The summed E-state index contributed by atoms with van der Waals surface area (Å²) in [5, 5.41) is 0. The molecule has 0 aromatic heterocycles. The van der Waals surface area contributed by atoms with Gasteiger partial charge in [-0.2, -0.15) is 0 Å². The SMILES string of the molecule is NCC(c1ccccc1F)N1CCC2CCCCC2C1. The monoisotopic (exact) mass is 276 g/mol. The first-order chi connectivity index (χ1) is 9.79. The second-order valence-electron chi connectivity index (χ2n) is 6.36. The Morgan fingerprint density at radius 2 is 1.90 bits per heavy atom. The maximum Gasteiger partial charge on any atom is 0.128 e. The highest BCUT2D eigenvalue weighted by molar-refractivity contribution is 5.22. The van der Waals surface area contributed by atoms with Crippen LogP contribution >= 0.6 is 0 Å². The van der Waals surface area contributed by atoms with Crippen LogP contribution in [-0.2, 0) is 0 Å². The average Bonchev–Trinajstić information content (AvgIpc) is 2.50. The van der Waals surface area contributed by atoms with Gasteiger partial charge in [0.05, 0.1) is 0 Å². The summed E-state index contributed by atoms with van der Waals surface area (Å²) in [5.74, 6) is 1.59. The number of nitrogens with zero attached hydrogens (tertiary/aromatic N) is 1. The molecule has 1 saturated heterocycles. The molecule has 1 aromatic rings. The van der Waals surface area contributed by atoms with E-state index >= 15 is 0 Å². The Kier molecular flexibility index (Phi) is 4.37. The minimum Gasteiger partial charge on any atom is -0.329 e. The molecule has 2 fully saturated rings. The molecule has 3 rings (SSSR count). The predicted octanol–water partition coefficient (Wildman–Crippen LogP) is 3.34. The molecule has 2 aliphatic rings. The molecule has 0 amide bonds. The van der Waals surface area contributed by atoms with Crippen molar-refractivity contribution < 1.29 is 4.39 Å². The van der Waals surface area contributed by atoms with Crippen molar-refractivity contribution in [1.29, 1.82) is 0 Å². The topological polar surface area (TPSA) is 29.3 Å². The van der Waals surface area contributed by atoms with Crippen LogP contribution in [0.25, 0.3) is 0 Å². The molecule has 0 bridgehead atoms. The zero-order valence-corrected chi connectivity index (χ0v) is 12.1. The van der Waals surface area contributed by atoms with Gasteiger partial charge in [-0.1, -0.05) is 37.5 Å². The third-order valence-corrected chi connectivity index (χ3v) is 5.25. The van der Waals surface area contributed by atoms with E-state index in [1.807, 2.05) is 12.1 Å². The fourth-order valence-corrected chi connectivity index (χ4v) is 4.13. The molecule has 2 nitrogen and oxygen atoms in total. The first kappa shape index (κ1) is 14.0. The standard InChI is InChI=1S/C17H25FN2/c18-16-8-4-3-7-15(16)17(11-19)20-10-9-13-5-1-2-6-14(13)12-20/h3-4,7-8,13-14,17H,1-2,5-6,9-12,19H2. The maximum absolute atomic E-state index is 14.0. The highest BCUT2D eigenvalue weighted by Gasteiger charge is 2.34. The zero-order chi connectivity index (χ0) is 13.9. The van der Waals surface area contributed by atoms with E-state index in [-0.39, 0.29) is 11.9 Å². The second-order valence-corrected chi connectivity index (χ2v) is 6.36. The summed E-state index contributed by atoms with van der Waals surface area (Å²) in [6.45, 7) is 2.66.